The molecule has 1 aliphatic heterocycles. The Labute approximate surface area is 283 Å². The summed E-state index contributed by atoms with van der Waals surface area (Å²) in [4.78, 5) is 0. The summed E-state index contributed by atoms with van der Waals surface area (Å²) in [6.07, 6.45) is 0. The Bertz CT molecular complexity index is 1930. The van der Waals surface area contributed by atoms with Crippen LogP contribution < -0.4 is 36.6 Å². The molecule has 6 aromatic rings. The first-order valence-electron chi connectivity index (χ1n) is 16.5. The molecule has 0 unspecified atom stereocenters. The third-order valence-corrected chi connectivity index (χ3v) is 14.1. The van der Waals surface area contributed by atoms with Gasteiger partial charge in [-0.3, -0.25) is 0 Å². The third kappa shape index (κ3) is 5.97. The van der Waals surface area contributed by atoms with Crippen LogP contribution in [0.2, 0.25) is 0 Å². The van der Waals surface area contributed by atoms with E-state index in [0.717, 1.165) is 11.5 Å². The first-order chi connectivity index (χ1) is 22.6. The molecule has 0 radical (unpaired) electrons. The fraction of sp³-hybridized carbons (Fsp3) is 0.182. The SMILES string of the molecule is Cc1cc(P(c2ccccc2)c2ccccc2)c2c(c1)C(C)(C)c1cc(C(C)(C)C)cc(P(c3ccccc3)c3ccccc3)c1O2. The highest BCUT2D eigenvalue weighted by atomic mass is 31.1. The molecular formula is C44H42OP2. The van der Waals surface area contributed by atoms with Crippen molar-refractivity contribution in [3.63, 3.8) is 0 Å². The summed E-state index contributed by atoms with van der Waals surface area (Å²) >= 11 is 0. The van der Waals surface area contributed by atoms with Crippen molar-refractivity contribution in [2.24, 2.45) is 0 Å². The Kier molecular flexibility index (Phi) is 8.42. The van der Waals surface area contributed by atoms with Gasteiger partial charge in [0.15, 0.2) is 0 Å². The molecule has 1 heterocycles. The number of rotatable bonds is 6. The van der Waals surface area contributed by atoms with Gasteiger partial charge in [0.1, 0.15) is 11.5 Å². The molecule has 1 aliphatic rings. The van der Waals surface area contributed by atoms with E-state index >= 15 is 0 Å². The molecule has 0 aliphatic carbocycles. The van der Waals surface area contributed by atoms with Crippen molar-refractivity contribution in [1.82, 2.24) is 0 Å². The molecule has 3 heteroatoms. The standard InChI is InChI=1S/C44H42OP2/c1-31-27-37-41(39(28-31)46(33-19-11-7-12-20-33)34-21-13-8-14-22-34)45-42-38(44(37,5)6)29-32(43(2,3)4)30-40(42)47(35-23-15-9-16-24-35)36-25-17-10-18-26-36/h7-30H,1-6H3. The van der Waals surface area contributed by atoms with Gasteiger partial charge in [0, 0.05) is 27.2 Å². The van der Waals surface area contributed by atoms with E-state index in [1.54, 1.807) is 0 Å². The molecule has 0 atom stereocenters. The van der Waals surface area contributed by atoms with Crippen LogP contribution in [0.1, 0.15) is 56.9 Å². The van der Waals surface area contributed by atoms with Crippen molar-refractivity contribution in [1.29, 1.82) is 0 Å². The topological polar surface area (TPSA) is 9.23 Å². The van der Waals surface area contributed by atoms with Gasteiger partial charge in [0.05, 0.1) is 0 Å². The van der Waals surface area contributed by atoms with Crippen LogP contribution in [-0.4, -0.2) is 0 Å². The van der Waals surface area contributed by atoms with Crippen molar-refractivity contribution in [3.05, 3.63) is 168 Å². The molecule has 0 fully saturated rings. The van der Waals surface area contributed by atoms with Crippen molar-refractivity contribution in [2.45, 2.75) is 52.4 Å². The largest absolute Gasteiger partial charge is 0.455 e. The molecular weight excluding hydrogens is 606 g/mol. The van der Waals surface area contributed by atoms with Gasteiger partial charge in [0.25, 0.3) is 0 Å². The Morgan fingerprint density at radius 1 is 0.489 bits per heavy atom. The maximum atomic E-state index is 7.48. The summed E-state index contributed by atoms with van der Waals surface area (Å²) in [5.41, 5.74) is 4.84. The van der Waals surface area contributed by atoms with E-state index in [-0.39, 0.29) is 10.8 Å². The van der Waals surface area contributed by atoms with Crippen molar-refractivity contribution in [2.75, 3.05) is 0 Å². The van der Waals surface area contributed by atoms with Crippen molar-refractivity contribution < 1.29 is 4.74 Å². The highest BCUT2D eigenvalue weighted by Crippen LogP contribution is 2.53. The minimum atomic E-state index is -0.893. The second-order valence-electron chi connectivity index (χ2n) is 14.0. The summed E-state index contributed by atoms with van der Waals surface area (Å²) in [5.74, 6) is 2.04. The van der Waals surface area contributed by atoms with E-state index in [1.807, 2.05) is 0 Å². The fourth-order valence-electron chi connectivity index (χ4n) is 6.69. The van der Waals surface area contributed by atoms with Crippen LogP contribution in [0.5, 0.6) is 11.5 Å². The molecule has 0 saturated heterocycles. The van der Waals surface area contributed by atoms with E-state index in [4.69, 9.17) is 4.74 Å². The Morgan fingerprint density at radius 2 is 0.851 bits per heavy atom. The quantitative estimate of drug-likeness (QED) is 0.164. The number of hydrogen-bond donors (Lipinski definition) is 0. The molecule has 1 nitrogen and oxygen atoms in total. The lowest BCUT2D eigenvalue weighted by atomic mass is 9.73. The Morgan fingerprint density at radius 3 is 1.23 bits per heavy atom. The Balaban J connectivity index is 1.53. The van der Waals surface area contributed by atoms with Gasteiger partial charge in [-0.1, -0.05) is 168 Å². The minimum Gasteiger partial charge on any atom is -0.455 e. The van der Waals surface area contributed by atoms with E-state index in [1.165, 1.54) is 54.1 Å². The molecule has 0 bridgehead atoms. The zero-order valence-electron chi connectivity index (χ0n) is 28.2. The van der Waals surface area contributed by atoms with Gasteiger partial charge in [-0.05, 0) is 72.7 Å². The van der Waals surface area contributed by atoms with E-state index in [9.17, 15) is 0 Å². The fourth-order valence-corrected chi connectivity index (χ4v) is 11.6. The smallest absolute Gasteiger partial charge is 0.139 e. The molecule has 0 spiro atoms. The summed E-state index contributed by atoms with van der Waals surface area (Å²) in [6, 6.07) is 53.7. The first kappa shape index (κ1) is 31.6. The van der Waals surface area contributed by atoms with Gasteiger partial charge in [-0.25, -0.2) is 0 Å². The first-order valence-corrected chi connectivity index (χ1v) is 19.1. The lowest BCUT2D eigenvalue weighted by Crippen LogP contribution is -2.34. The molecule has 234 valence electrons. The predicted molar refractivity (Wildman–Crippen MR) is 206 cm³/mol. The van der Waals surface area contributed by atoms with Crippen LogP contribution in [0.15, 0.2) is 146 Å². The number of ether oxygens (including phenoxy) is 1. The maximum Gasteiger partial charge on any atom is 0.139 e. The summed E-state index contributed by atoms with van der Waals surface area (Å²) < 4.78 is 7.48. The number of fused-ring (bicyclic) bond motifs is 2. The zero-order valence-corrected chi connectivity index (χ0v) is 29.9. The lowest BCUT2D eigenvalue weighted by molar-refractivity contribution is 0.423. The highest BCUT2D eigenvalue weighted by molar-refractivity contribution is 7.80. The van der Waals surface area contributed by atoms with Crippen molar-refractivity contribution >= 4 is 47.7 Å². The molecule has 0 N–H and O–H groups in total. The van der Waals surface area contributed by atoms with E-state index < -0.39 is 15.8 Å². The van der Waals surface area contributed by atoms with Gasteiger partial charge in [-0.2, -0.15) is 0 Å². The third-order valence-electron chi connectivity index (χ3n) is 9.24. The zero-order chi connectivity index (χ0) is 32.8. The van der Waals surface area contributed by atoms with Crippen LogP contribution in [0.4, 0.5) is 0 Å². The van der Waals surface area contributed by atoms with Crippen LogP contribution in [0, 0.1) is 6.92 Å². The second kappa shape index (κ2) is 12.5. The van der Waals surface area contributed by atoms with Crippen LogP contribution >= 0.6 is 15.8 Å². The lowest BCUT2D eigenvalue weighted by Gasteiger charge is -2.40. The summed E-state index contributed by atoms with van der Waals surface area (Å²) in [5, 5.41) is 7.87. The van der Waals surface area contributed by atoms with Crippen LogP contribution in [0.3, 0.4) is 0 Å². The minimum absolute atomic E-state index is 0.0266. The maximum absolute atomic E-state index is 7.48. The summed E-state index contributed by atoms with van der Waals surface area (Å²) in [7, 11) is -1.76. The molecule has 7 rings (SSSR count). The molecule has 0 saturated carbocycles. The van der Waals surface area contributed by atoms with Crippen LogP contribution in [-0.2, 0) is 10.8 Å². The van der Waals surface area contributed by atoms with Gasteiger partial charge >= 0.3 is 0 Å². The molecule has 0 aromatic heterocycles. The van der Waals surface area contributed by atoms with Crippen molar-refractivity contribution in [3.8, 4) is 11.5 Å². The predicted octanol–water partition coefficient (Wildman–Crippen LogP) is 9.24. The Hall–Kier alpha value is -4.02. The number of aryl methyl sites for hydroxylation is 1. The molecule has 47 heavy (non-hydrogen) atoms. The highest BCUT2D eigenvalue weighted by Gasteiger charge is 2.41. The average molecular weight is 649 g/mol. The van der Waals surface area contributed by atoms with E-state index in [0.29, 0.717) is 0 Å². The molecule has 6 aromatic carbocycles. The van der Waals surface area contributed by atoms with Gasteiger partial charge in [-0.15, -0.1) is 0 Å². The number of benzene rings is 6. The van der Waals surface area contributed by atoms with Gasteiger partial charge < -0.3 is 4.74 Å². The average Bonchev–Trinajstić information content (AvgIpc) is 3.07. The summed E-state index contributed by atoms with van der Waals surface area (Å²) in [6.45, 7) is 14.0. The second-order valence-corrected chi connectivity index (χ2v) is 18.4. The number of hydrogen-bond acceptors (Lipinski definition) is 1. The van der Waals surface area contributed by atoms with E-state index in [2.05, 4.69) is 187 Å². The monoisotopic (exact) mass is 648 g/mol. The molecule has 0 amide bonds. The van der Waals surface area contributed by atoms with Crippen LogP contribution in [0.25, 0.3) is 0 Å². The van der Waals surface area contributed by atoms with Gasteiger partial charge in [0.2, 0.25) is 0 Å². The normalized spacial score (nSPS) is 13.6.